The number of carbonyl (C=O) groups excluding carboxylic acids is 1. The minimum atomic E-state index is -4.01. The molecular formula is C14H13FN2O4S. The van der Waals surface area contributed by atoms with Crippen LogP contribution in [0.4, 0.5) is 10.1 Å². The molecular weight excluding hydrogens is 311 g/mol. The Kier molecular flexibility index (Phi) is 3.50. The van der Waals surface area contributed by atoms with Crippen molar-refractivity contribution in [1.29, 1.82) is 0 Å². The van der Waals surface area contributed by atoms with Crippen LogP contribution in [0.1, 0.15) is 34.9 Å². The quantitative estimate of drug-likeness (QED) is 0.900. The Morgan fingerprint density at radius 3 is 2.55 bits per heavy atom. The van der Waals surface area contributed by atoms with E-state index in [9.17, 15) is 17.6 Å². The maximum Gasteiger partial charge on any atom is 0.291 e. The number of nitrogens with one attached hydrogen (secondary N) is 1. The predicted octanol–water partition coefficient (Wildman–Crippen LogP) is 2.20. The largest absolute Gasteiger partial charge is 0.438 e. The molecule has 1 fully saturated rings. The lowest BCUT2D eigenvalue weighted by Crippen LogP contribution is -2.13. The topological polar surface area (TPSA) is 102 Å². The number of furan rings is 1. The second kappa shape index (κ2) is 5.22. The Balaban J connectivity index is 1.76. The number of amides is 1. The number of primary sulfonamides is 1. The molecule has 3 N–H and O–H groups in total. The molecule has 1 saturated carbocycles. The SMILES string of the molecule is NS(=O)(=O)c1ccc(C(=O)Nc2ccc(C3CC3)c(F)c2)o1. The lowest BCUT2D eigenvalue weighted by molar-refractivity contribution is 0.0991. The summed E-state index contributed by atoms with van der Waals surface area (Å²) in [5.41, 5.74) is 0.910. The van der Waals surface area contributed by atoms with E-state index < -0.39 is 21.0 Å². The van der Waals surface area contributed by atoms with Crippen molar-refractivity contribution in [1.82, 2.24) is 0 Å². The van der Waals surface area contributed by atoms with Crippen molar-refractivity contribution in [3.63, 3.8) is 0 Å². The molecule has 2 aromatic rings. The number of benzene rings is 1. The highest BCUT2D eigenvalue weighted by atomic mass is 32.2. The third-order valence-electron chi connectivity index (χ3n) is 3.36. The van der Waals surface area contributed by atoms with E-state index in [0.29, 0.717) is 5.56 Å². The van der Waals surface area contributed by atoms with Gasteiger partial charge in [0.15, 0.2) is 5.76 Å². The van der Waals surface area contributed by atoms with Crippen LogP contribution < -0.4 is 10.5 Å². The number of rotatable bonds is 4. The Labute approximate surface area is 126 Å². The summed E-state index contributed by atoms with van der Waals surface area (Å²) in [4.78, 5) is 11.9. The summed E-state index contributed by atoms with van der Waals surface area (Å²) in [6.07, 6.45) is 1.96. The minimum Gasteiger partial charge on any atom is -0.438 e. The van der Waals surface area contributed by atoms with Crippen LogP contribution in [-0.2, 0) is 10.0 Å². The van der Waals surface area contributed by atoms with Crippen LogP contribution in [0.5, 0.6) is 0 Å². The Morgan fingerprint density at radius 2 is 2.00 bits per heavy atom. The Hall–Kier alpha value is -2.19. The van der Waals surface area contributed by atoms with Gasteiger partial charge in [-0.2, -0.15) is 0 Å². The van der Waals surface area contributed by atoms with Crippen LogP contribution in [0.15, 0.2) is 39.8 Å². The molecule has 0 aliphatic heterocycles. The number of sulfonamides is 1. The number of hydrogen-bond donors (Lipinski definition) is 2. The highest BCUT2D eigenvalue weighted by Crippen LogP contribution is 2.41. The van der Waals surface area contributed by atoms with E-state index in [0.717, 1.165) is 18.9 Å². The lowest BCUT2D eigenvalue weighted by Gasteiger charge is -2.06. The summed E-state index contributed by atoms with van der Waals surface area (Å²) >= 11 is 0. The van der Waals surface area contributed by atoms with E-state index in [4.69, 9.17) is 9.56 Å². The van der Waals surface area contributed by atoms with E-state index in [1.165, 1.54) is 12.1 Å². The van der Waals surface area contributed by atoms with Crippen LogP contribution in [0.3, 0.4) is 0 Å². The summed E-state index contributed by atoms with van der Waals surface area (Å²) < 4.78 is 40.9. The molecule has 0 radical (unpaired) electrons. The first-order chi connectivity index (χ1) is 10.3. The molecule has 0 spiro atoms. The van der Waals surface area contributed by atoms with Gasteiger partial charge in [0.1, 0.15) is 5.82 Å². The van der Waals surface area contributed by atoms with Gasteiger partial charge >= 0.3 is 0 Å². The van der Waals surface area contributed by atoms with Crippen LogP contribution in [0, 0.1) is 5.82 Å². The number of hydrogen-bond acceptors (Lipinski definition) is 4. The van der Waals surface area contributed by atoms with Gasteiger partial charge in [0.05, 0.1) is 0 Å². The van der Waals surface area contributed by atoms with Gasteiger partial charge in [-0.3, -0.25) is 4.79 Å². The van der Waals surface area contributed by atoms with Gasteiger partial charge in [-0.25, -0.2) is 17.9 Å². The van der Waals surface area contributed by atoms with Gasteiger partial charge in [0.2, 0.25) is 5.09 Å². The number of nitrogens with two attached hydrogens (primary N) is 1. The van der Waals surface area contributed by atoms with Gasteiger partial charge in [0, 0.05) is 5.69 Å². The number of halogens is 1. The van der Waals surface area contributed by atoms with E-state index >= 15 is 0 Å². The van der Waals surface area contributed by atoms with Crippen molar-refractivity contribution in [2.24, 2.45) is 5.14 Å². The van der Waals surface area contributed by atoms with Crippen LogP contribution in [0.2, 0.25) is 0 Å². The zero-order valence-electron chi connectivity index (χ0n) is 11.4. The second-order valence-electron chi connectivity index (χ2n) is 5.13. The molecule has 8 heteroatoms. The molecule has 6 nitrogen and oxygen atoms in total. The fraction of sp³-hybridized carbons (Fsp3) is 0.214. The van der Waals surface area contributed by atoms with Gasteiger partial charge in [-0.05, 0) is 48.6 Å². The summed E-state index contributed by atoms with van der Waals surface area (Å²) in [7, 11) is -4.01. The summed E-state index contributed by atoms with van der Waals surface area (Å²) in [6, 6.07) is 6.73. The van der Waals surface area contributed by atoms with Gasteiger partial charge in [-0.15, -0.1) is 0 Å². The number of carbonyl (C=O) groups is 1. The summed E-state index contributed by atoms with van der Waals surface area (Å²) in [5.74, 6) is -1.01. The zero-order chi connectivity index (χ0) is 15.9. The van der Waals surface area contributed by atoms with Crippen LogP contribution in [-0.4, -0.2) is 14.3 Å². The molecule has 116 valence electrons. The Bertz CT molecular complexity index is 840. The summed E-state index contributed by atoms with van der Waals surface area (Å²) in [5, 5.41) is 6.83. The standard InChI is InChI=1S/C14H13FN2O4S/c15-11-7-9(3-4-10(11)8-1-2-8)17-14(18)12-5-6-13(21-12)22(16,19)20/h3-8H,1-2H2,(H,17,18)(H2,16,19,20). The molecule has 1 aliphatic carbocycles. The molecule has 1 aliphatic rings. The first-order valence-electron chi connectivity index (χ1n) is 6.58. The number of anilines is 1. The Morgan fingerprint density at radius 1 is 1.27 bits per heavy atom. The average molecular weight is 324 g/mol. The first kappa shape index (κ1) is 14.7. The lowest BCUT2D eigenvalue weighted by atomic mass is 10.1. The highest BCUT2D eigenvalue weighted by molar-refractivity contribution is 7.89. The van der Waals surface area contributed by atoms with Crippen molar-refractivity contribution in [2.75, 3.05) is 5.32 Å². The monoisotopic (exact) mass is 324 g/mol. The maximum absolute atomic E-state index is 13.9. The van der Waals surface area contributed by atoms with E-state index in [-0.39, 0.29) is 23.2 Å². The summed E-state index contributed by atoms with van der Waals surface area (Å²) in [6.45, 7) is 0. The van der Waals surface area contributed by atoms with Crippen molar-refractivity contribution in [3.8, 4) is 0 Å². The van der Waals surface area contributed by atoms with E-state index in [1.54, 1.807) is 12.1 Å². The van der Waals surface area contributed by atoms with Gasteiger partial charge in [-0.1, -0.05) is 6.07 Å². The molecule has 1 amide bonds. The molecule has 1 aromatic heterocycles. The molecule has 3 rings (SSSR count). The zero-order valence-corrected chi connectivity index (χ0v) is 12.2. The fourth-order valence-electron chi connectivity index (χ4n) is 2.12. The molecule has 1 heterocycles. The molecule has 0 saturated heterocycles. The molecule has 0 bridgehead atoms. The van der Waals surface area contributed by atoms with Crippen molar-refractivity contribution >= 4 is 21.6 Å². The minimum absolute atomic E-state index is 0.226. The second-order valence-corrected chi connectivity index (χ2v) is 6.62. The first-order valence-corrected chi connectivity index (χ1v) is 8.12. The van der Waals surface area contributed by atoms with Crippen molar-refractivity contribution < 1.29 is 22.0 Å². The van der Waals surface area contributed by atoms with Crippen LogP contribution >= 0.6 is 0 Å². The average Bonchev–Trinajstić information content (AvgIpc) is 3.12. The van der Waals surface area contributed by atoms with Crippen molar-refractivity contribution in [2.45, 2.75) is 23.9 Å². The van der Waals surface area contributed by atoms with Gasteiger partial charge < -0.3 is 9.73 Å². The van der Waals surface area contributed by atoms with Gasteiger partial charge in [0.25, 0.3) is 15.9 Å². The molecule has 0 unspecified atom stereocenters. The smallest absolute Gasteiger partial charge is 0.291 e. The third-order valence-corrected chi connectivity index (χ3v) is 4.14. The highest BCUT2D eigenvalue weighted by Gasteiger charge is 2.26. The fourth-order valence-corrected chi connectivity index (χ4v) is 2.58. The third kappa shape index (κ3) is 3.02. The maximum atomic E-state index is 13.9. The molecule has 22 heavy (non-hydrogen) atoms. The normalized spacial score (nSPS) is 14.8. The van der Waals surface area contributed by atoms with E-state index in [1.807, 2.05) is 0 Å². The van der Waals surface area contributed by atoms with Crippen LogP contribution in [0.25, 0.3) is 0 Å². The predicted molar refractivity (Wildman–Crippen MR) is 76.4 cm³/mol. The molecule has 1 aromatic carbocycles. The molecule has 0 atom stereocenters. The van der Waals surface area contributed by atoms with E-state index in [2.05, 4.69) is 5.32 Å². The van der Waals surface area contributed by atoms with Crippen molar-refractivity contribution in [3.05, 3.63) is 47.5 Å².